The summed E-state index contributed by atoms with van der Waals surface area (Å²) < 4.78 is 25.6. The molecule has 0 saturated carbocycles. The van der Waals surface area contributed by atoms with Gasteiger partial charge in [0.05, 0.1) is 25.9 Å². The number of benzene rings is 1. The predicted octanol–water partition coefficient (Wildman–Crippen LogP) is 9.96. The number of ether oxygens (including phenoxy) is 2. The summed E-state index contributed by atoms with van der Waals surface area (Å²) in [5.41, 5.74) is 1.18. The number of hydrogen-bond acceptors (Lipinski definition) is 4. The van der Waals surface area contributed by atoms with E-state index in [4.69, 9.17) is 18.3 Å². The molecule has 0 unspecified atom stereocenters. The molecule has 39 heavy (non-hydrogen) atoms. The Balaban J connectivity index is 3.06. The minimum absolute atomic E-state index is 0.00563. The Morgan fingerprint density at radius 1 is 0.897 bits per heavy atom. The van der Waals surface area contributed by atoms with Crippen molar-refractivity contribution >= 4 is 16.6 Å². The molecule has 1 aromatic carbocycles. The predicted molar refractivity (Wildman–Crippen MR) is 174 cm³/mol. The van der Waals surface area contributed by atoms with Crippen molar-refractivity contribution in [1.82, 2.24) is 0 Å². The lowest BCUT2D eigenvalue weighted by Crippen LogP contribution is -2.47. The van der Waals surface area contributed by atoms with Crippen LogP contribution in [0, 0.1) is 11.8 Å². The summed E-state index contributed by atoms with van der Waals surface area (Å²) >= 11 is 0. The zero-order valence-electron chi connectivity index (χ0n) is 27.5. The van der Waals surface area contributed by atoms with E-state index in [1.807, 2.05) is 24.3 Å². The number of allylic oxidation sites excluding steroid dienone is 2. The van der Waals surface area contributed by atoms with Crippen LogP contribution in [-0.2, 0) is 13.6 Å². The van der Waals surface area contributed by atoms with Crippen molar-refractivity contribution in [3.63, 3.8) is 0 Å². The van der Waals surface area contributed by atoms with Gasteiger partial charge >= 0.3 is 0 Å². The minimum atomic E-state index is -1.96. The Morgan fingerprint density at radius 3 is 1.95 bits per heavy atom. The summed E-state index contributed by atoms with van der Waals surface area (Å²) in [6.45, 7) is 32.8. The maximum atomic E-state index is 7.00. The van der Waals surface area contributed by atoms with Crippen LogP contribution in [0.15, 0.2) is 49.1 Å². The van der Waals surface area contributed by atoms with Gasteiger partial charge in [-0.15, -0.1) is 0 Å². The highest BCUT2D eigenvalue weighted by Gasteiger charge is 2.41. The molecule has 0 aliphatic heterocycles. The van der Waals surface area contributed by atoms with Crippen molar-refractivity contribution in [3.05, 3.63) is 54.6 Å². The summed E-state index contributed by atoms with van der Waals surface area (Å²) in [5.74, 6) is 1.35. The zero-order chi connectivity index (χ0) is 30.1. The Kier molecular flexibility index (Phi) is 13.9. The van der Waals surface area contributed by atoms with Gasteiger partial charge in [-0.1, -0.05) is 92.3 Å². The molecule has 0 bridgehead atoms. The summed E-state index contributed by atoms with van der Waals surface area (Å²) in [5, 5.41) is 0.355. The van der Waals surface area contributed by atoms with Crippen molar-refractivity contribution in [2.45, 2.75) is 117 Å². The van der Waals surface area contributed by atoms with Crippen LogP contribution in [-0.4, -0.2) is 43.1 Å². The second kappa shape index (κ2) is 15.2. The first-order chi connectivity index (χ1) is 17.9. The van der Waals surface area contributed by atoms with Gasteiger partial charge in [0, 0.05) is 12.5 Å². The maximum Gasteiger partial charge on any atom is 0.192 e. The largest absolute Gasteiger partial charge is 0.497 e. The Hall–Kier alpha value is -1.19. The van der Waals surface area contributed by atoms with E-state index in [0.29, 0.717) is 6.61 Å². The molecular weight excluding hydrogens is 517 g/mol. The Bertz CT molecular complexity index is 878. The molecule has 1 rings (SSSR count). The van der Waals surface area contributed by atoms with E-state index in [0.717, 1.165) is 25.2 Å². The van der Waals surface area contributed by atoms with Gasteiger partial charge in [-0.25, -0.2) is 0 Å². The molecule has 0 saturated heterocycles. The van der Waals surface area contributed by atoms with Crippen LogP contribution >= 0.6 is 0 Å². The molecule has 0 spiro atoms. The fourth-order valence-corrected chi connectivity index (χ4v) is 6.53. The van der Waals surface area contributed by atoms with Gasteiger partial charge in [0.25, 0.3) is 0 Å². The average Bonchev–Trinajstić information content (AvgIpc) is 2.83. The fraction of sp³-hybridized carbons (Fsp3) is 0.697. The van der Waals surface area contributed by atoms with E-state index in [-0.39, 0.29) is 34.1 Å². The second-order valence-electron chi connectivity index (χ2n) is 14.1. The van der Waals surface area contributed by atoms with Crippen molar-refractivity contribution in [2.24, 2.45) is 11.8 Å². The van der Waals surface area contributed by atoms with Crippen LogP contribution in [0.3, 0.4) is 0 Å². The molecule has 4 nitrogen and oxygen atoms in total. The third kappa shape index (κ3) is 11.3. The highest BCUT2D eigenvalue weighted by molar-refractivity contribution is 6.74. The third-order valence-corrected chi connectivity index (χ3v) is 17.8. The third-order valence-electron chi connectivity index (χ3n) is 8.79. The highest BCUT2D eigenvalue weighted by Crippen LogP contribution is 2.40. The number of hydrogen-bond donors (Lipinski definition) is 0. The second-order valence-corrected chi connectivity index (χ2v) is 23.7. The molecule has 0 N–H and O–H groups in total. The monoisotopic (exact) mass is 576 g/mol. The molecule has 1 aromatic rings. The van der Waals surface area contributed by atoms with E-state index in [2.05, 4.69) is 106 Å². The van der Waals surface area contributed by atoms with Crippen LogP contribution in [0.2, 0.25) is 36.3 Å². The first-order valence-corrected chi connectivity index (χ1v) is 20.5. The lowest BCUT2D eigenvalue weighted by molar-refractivity contribution is -0.0167. The normalized spacial score (nSPS) is 16.6. The number of rotatable bonds is 16. The molecular formula is C33H60O4Si2. The summed E-state index contributed by atoms with van der Waals surface area (Å²) in [6, 6.07) is 8.30. The Morgan fingerprint density at radius 2 is 1.46 bits per heavy atom. The van der Waals surface area contributed by atoms with Crippen molar-refractivity contribution < 1.29 is 18.3 Å². The van der Waals surface area contributed by atoms with E-state index < -0.39 is 16.6 Å². The van der Waals surface area contributed by atoms with Gasteiger partial charge in [0.2, 0.25) is 0 Å². The van der Waals surface area contributed by atoms with Crippen molar-refractivity contribution in [3.8, 4) is 5.75 Å². The fourth-order valence-electron chi connectivity index (χ4n) is 3.96. The maximum absolute atomic E-state index is 7.00. The molecule has 224 valence electrons. The molecule has 0 aromatic heterocycles. The summed E-state index contributed by atoms with van der Waals surface area (Å²) in [7, 11) is -2.03. The zero-order valence-corrected chi connectivity index (χ0v) is 29.5. The van der Waals surface area contributed by atoms with Gasteiger partial charge < -0.3 is 18.3 Å². The van der Waals surface area contributed by atoms with Gasteiger partial charge in [0.1, 0.15) is 5.75 Å². The standard InChI is InChI=1S/C33H60O4Si2/c1-15-16-18-26(2)31(37-39(13,14)33(7,8)9)27(3)25-35-30(28-20-22-29(34-10)23-21-28)19-17-24-36-38(11,12)32(4,5)6/h15-16,18,20-23,26-27,30-31H,1,17,19,24-25H2,2-14H3/b18-16-/t26-,27+,30+,31-/m0/s1. The van der Waals surface area contributed by atoms with E-state index in [9.17, 15) is 0 Å². The molecule has 4 atom stereocenters. The van der Waals surface area contributed by atoms with Crippen LogP contribution in [0.1, 0.15) is 79.9 Å². The lowest BCUT2D eigenvalue weighted by Gasteiger charge is -2.42. The molecule has 6 heteroatoms. The van der Waals surface area contributed by atoms with Gasteiger partial charge in [-0.3, -0.25) is 0 Å². The summed E-state index contributed by atoms with van der Waals surface area (Å²) in [4.78, 5) is 0. The quantitative estimate of drug-likeness (QED) is 0.111. The van der Waals surface area contributed by atoms with Crippen molar-refractivity contribution in [2.75, 3.05) is 20.3 Å². The molecule has 0 amide bonds. The van der Waals surface area contributed by atoms with Crippen LogP contribution in [0.25, 0.3) is 0 Å². The smallest absolute Gasteiger partial charge is 0.192 e. The van der Waals surface area contributed by atoms with Gasteiger partial charge in [-0.2, -0.15) is 0 Å². The molecule has 0 radical (unpaired) electrons. The molecule has 0 fully saturated rings. The van der Waals surface area contributed by atoms with E-state index >= 15 is 0 Å². The number of methoxy groups -OCH3 is 1. The Labute approximate surface area is 243 Å². The molecule has 0 aliphatic carbocycles. The van der Waals surface area contributed by atoms with Crippen LogP contribution < -0.4 is 4.74 Å². The van der Waals surface area contributed by atoms with E-state index in [1.54, 1.807) is 7.11 Å². The minimum Gasteiger partial charge on any atom is -0.497 e. The van der Waals surface area contributed by atoms with Crippen LogP contribution in [0.5, 0.6) is 5.75 Å². The van der Waals surface area contributed by atoms with E-state index in [1.165, 1.54) is 5.56 Å². The average molecular weight is 577 g/mol. The summed E-state index contributed by atoms with van der Waals surface area (Å²) in [6.07, 6.45) is 8.01. The first kappa shape index (κ1) is 35.8. The van der Waals surface area contributed by atoms with Gasteiger partial charge in [0.15, 0.2) is 16.6 Å². The van der Waals surface area contributed by atoms with Crippen molar-refractivity contribution in [1.29, 1.82) is 0 Å². The van der Waals surface area contributed by atoms with Crippen LogP contribution in [0.4, 0.5) is 0 Å². The SMILES string of the molecule is C=C/C=C\[C@H](C)[C@H](O[Si](C)(C)C(C)(C)C)[C@H](C)CO[C@H](CCCO[Si](C)(C)C(C)(C)C)c1ccc(OC)cc1. The molecule has 0 aliphatic rings. The highest BCUT2D eigenvalue weighted by atomic mass is 28.4. The molecule has 0 heterocycles. The van der Waals surface area contributed by atoms with Gasteiger partial charge in [-0.05, 0) is 72.7 Å². The first-order valence-electron chi connectivity index (χ1n) is 14.7. The lowest BCUT2D eigenvalue weighted by atomic mass is 9.93. The topological polar surface area (TPSA) is 36.9 Å².